The normalized spacial score (nSPS) is 19.3. The van der Waals surface area contributed by atoms with Gasteiger partial charge in [0.15, 0.2) is 34.8 Å². The third-order valence-corrected chi connectivity index (χ3v) is 8.16. The fourth-order valence-corrected chi connectivity index (χ4v) is 5.87. The van der Waals surface area contributed by atoms with Gasteiger partial charge in [-0.05, 0) is 104 Å². The zero-order chi connectivity index (χ0) is 28.6. The van der Waals surface area contributed by atoms with E-state index in [4.69, 9.17) is 4.74 Å². The van der Waals surface area contributed by atoms with E-state index in [-0.39, 0.29) is 46.4 Å². The van der Waals surface area contributed by atoms with E-state index in [1.807, 2.05) is 0 Å². The fraction of sp³-hybridized carbons (Fsp3) is 0.333. The number of benzene rings is 3. The Morgan fingerprint density at radius 1 is 0.625 bits per heavy atom. The topological polar surface area (TPSA) is 9.23 Å². The molecule has 2 atom stereocenters. The van der Waals surface area contributed by atoms with Crippen LogP contribution in [0.4, 0.5) is 26.3 Å². The third kappa shape index (κ3) is 5.18. The van der Waals surface area contributed by atoms with Gasteiger partial charge in [0, 0.05) is 11.1 Å². The Bertz CT molecular complexity index is 1510. The molecule has 5 rings (SSSR count). The van der Waals surface area contributed by atoms with Gasteiger partial charge in [-0.1, -0.05) is 36.4 Å². The lowest BCUT2D eigenvalue weighted by molar-refractivity contribution is 0.314. The molecule has 3 aromatic rings. The molecule has 40 heavy (non-hydrogen) atoms. The highest BCUT2D eigenvalue weighted by Crippen LogP contribution is 2.42. The maximum absolute atomic E-state index is 15.3. The zero-order valence-corrected chi connectivity index (χ0v) is 22.4. The maximum Gasteiger partial charge on any atom is 0.201 e. The number of halogens is 6. The van der Waals surface area contributed by atoms with Gasteiger partial charge in [-0.25, -0.2) is 22.0 Å². The zero-order valence-electron chi connectivity index (χ0n) is 22.4. The SMILES string of the molecule is CCOc1ccc(C2=CCC(c3ccc(C4=CCC(c5ccc(C)c(F)c5F)CC4)c(F)c3F)CC2)c(F)c1F. The number of aryl methyl sites for hydroxylation is 1. The lowest BCUT2D eigenvalue weighted by Crippen LogP contribution is -2.11. The molecule has 0 aliphatic heterocycles. The molecule has 0 bridgehead atoms. The van der Waals surface area contributed by atoms with E-state index >= 15 is 8.78 Å². The minimum absolute atomic E-state index is 0.143. The largest absolute Gasteiger partial charge is 0.491 e. The summed E-state index contributed by atoms with van der Waals surface area (Å²) in [5.74, 6) is -6.22. The number of hydrogen-bond acceptors (Lipinski definition) is 1. The van der Waals surface area contributed by atoms with Crippen LogP contribution in [0.25, 0.3) is 11.1 Å². The molecule has 0 saturated carbocycles. The molecule has 2 aliphatic rings. The van der Waals surface area contributed by atoms with Crippen molar-refractivity contribution in [1.29, 1.82) is 0 Å². The van der Waals surface area contributed by atoms with Crippen molar-refractivity contribution >= 4 is 11.1 Å². The quantitative estimate of drug-likeness (QED) is 0.275. The summed E-state index contributed by atoms with van der Waals surface area (Å²) in [7, 11) is 0. The van der Waals surface area contributed by atoms with Gasteiger partial charge < -0.3 is 4.74 Å². The maximum atomic E-state index is 15.3. The van der Waals surface area contributed by atoms with E-state index in [9.17, 15) is 17.6 Å². The van der Waals surface area contributed by atoms with Crippen molar-refractivity contribution in [3.05, 3.63) is 111 Å². The minimum atomic E-state index is -1.04. The summed E-state index contributed by atoms with van der Waals surface area (Å²) in [5, 5.41) is 0. The molecule has 0 heterocycles. The molecule has 0 spiro atoms. The molecule has 0 aromatic heterocycles. The van der Waals surface area contributed by atoms with E-state index < -0.39 is 34.9 Å². The molecular weight excluding hydrogens is 526 g/mol. The van der Waals surface area contributed by atoms with Crippen molar-refractivity contribution in [3.8, 4) is 5.75 Å². The third-order valence-electron chi connectivity index (χ3n) is 8.16. The lowest BCUT2D eigenvalue weighted by Gasteiger charge is -2.25. The average molecular weight is 557 g/mol. The highest BCUT2D eigenvalue weighted by molar-refractivity contribution is 5.69. The number of rotatable bonds is 6. The fourth-order valence-electron chi connectivity index (χ4n) is 5.87. The van der Waals surface area contributed by atoms with Crippen LogP contribution in [0.3, 0.4) is 0 Å². The first-order valence-electron chi connectivity index (χ1n) is 13.6. The van der Waals surface area contributed by atoms with Gasteiger partial charge >= 0.3 is 0 Å². The number of hydrogen-bond donors (Lipinski definition) is 0. The van der Waals surface area contributed by atoms with Crippen LogP contribution in [0.2, 0.25) is 0 Å². The van der Waals surface area contributed by atoms with Gasteiger partial charge in [0.1, 0.15) is 0 Å². The molecule has 0 saturated heterocycles. The average Bonchev–Trinajstić information content (AvgIpc) is 2.96. The first-order chi connectivity index (χ1) is 19.2. The van der Waals surface area contributed by atoms with Gasteiger partial charge in [0.05, 0.1) is 6.61 Å². The molecule has 0 amide bonds. The van der Waals surface area contributed by atoms with E-state index in [1.54, 1.807) is 43.3 Å². The standard InChI is InChI=1S/C33H30F6O/c1-3-40-27-17-16-26(32(38)33(27)39)22-11-9-21(10-12-22)25-15-14-24(30(36)31(25)37)20-7-5-19(6-8-20)23-13-4-18(2)28(34)29(23)35/h4,7,11,13-17,19,21H,3,5-6,8-10,12H2,1-2H3. The smallest absolute Gasteiger partial charge is 0.201 e. The molecule has 0 N–H and O–H groups in total. The highest BCUT2D eigenvalue weighted by atomic mass is 19.2. The van der Waals surface area contributed by atoms with Crippen LogP contribution in [0.5, 0.6) is 5.75 Å². The summed E-state index contributed by atoms with van der Waals surface area (Å²) in [5.41, 5.74) is 2.39. The summed E-state index contributed by atoms with van der Waals surface area (Å²) < 4.78 is 93.2. The van der Waals surface area contributed by atoms with Crippen molar-refractivity contribution in [1.82, 2.24) is 0 Å². The Hall–Kier alpha value is -3.48. The Labute approximate surface area is 230 Å². The Balaban J connectivity index is 1.31. The van der Waals surface area contributed by atoms with Crippen LogP contribution >= 0.6 is 0 Å². The first kappa shape index (κ1) is 28.1. The highest BCUT2D eigenvalue weighted by Gasteiger charge is 2.28. The summed E-state index contributed by atoms with van der Waals surface area (Å²) in [6.45, 7) is 3.41. The second kappa shape index (κ2) is 11.6. The molecular formula is C33H30F6O. The summed E-state index contributed by atoms with van der Waals surface area (Å²) >= 11 is 0. The van der Waals surface area contributed by atoms with Gasteiger partial charge in [0.2, 0.25) is 5.82 Å². The second-order valence-electron chi connectivity index (χ2n) is 10.5. The summed E-state index contributed by atoms with van der Waals surface area (Å²) in [4.78, 5) is 0. The van der Waals surface area contributed by atoms with E-state index in [1.165, 1.54) is 19.1 Å². The molecule has 0 fully saturated rings. The van der Waals surface area contributed by atoms with E-state index in [0.29, 0.717) is 55.2 Å². The Morgan fingerprint density at radius 3 is 1.65 bits per heavy atom. The molecule has 3 aromatic carbocycles. The minimum Gasteiger partial charge on any atom is -0.491 e. The molecule has 210 valence electrons. The van der Waals surface area contributed by atoms with Crippen molar-refractivity contribution in [3.63, 3.8) is 0 Å². The van der Waals surface area contributed by atoms with Crippen molar-refractivity contribution in [2.45, 2.75) is 64.2 Å². The Kier molecular flexibility index (Phi) is 8.11. The summed E-state index contributed by atoms with van der Waals surface area (Å²) in [6, 6.07) is 9.20. The first-order valence-corrected chi connectivity index (χ1v) is 13.6. The van der Waals surface area contributed by atoms with Crippen molar-refractivity contribution in [2.75, 3.05) is 6.61 Å². The predicted octanol–water partition coefficient (Wildman–Crippen LogP) is 9.93. The lowest BCUT2D eigenvalue weighted by atomic mass is 9.80. The molecule has 2 aliphatic carbocycles. The Morgan fingerprint density at radius 2 is 1.12 bits per heavy atom. The molecule has 1 nitrogen and oxygen atoms in total. The van der Waals surface area contributed by atoms with Gasteiger partial charge in [-0.2, -0.15) is 4.39 Å². The number of allylic oxidation sites excluding steroid dienone is 4. The van der Waals surface area contributed by atoms with Gasteiger partial charge in [0.25, 0.3) is 0 Å². The predicted molar refractivity (Wildman–Crippen MR) is 144 cm³/mol. The number of ether oxygens (including phenoxy) is 1. The second-order valence-corrected chi connectivity index (χ2v) is 10.5. The van der Waals surface area contributed by atoms with Crippen LogP contribution < -0.4 is 4.74 Å². The van der Waals surface area contributed by atoms with Crippen molar-refractivity contribution in [2.24, 2.45) is 0 Å². The van der Waals surface area contributed by atoms with E-state index in [0.717, 1.165) is 0 Å². The summed E-state index contributed by atoms with van der Waals surface area (Å²) in [6.07, 6.45) is 6.05. The molecule has 0 radical (unpaired) electrons. The van der Waals surface area contributed by atoms with Crippen LogP contribution in [0.1, 0.15) is 85.1 Å². The van der Waals surface area contributed by atoms with Crippen LogP contribution in [0.15, 0.2) is 48.6 Å². The molecule has 7 heteroatoms. The molecule has 2 unspecified atom stereocenters. The van der Waals surface area contributed by atoms with E-state index in [2.05, 4.69) is 0 Å². The van der Waals surface area contributed by atoms with Crippen LogP contribution in [-0.2, 0) is 0 Å². The van der Waals surface area contributed by atoms with Gasteiger partial charge in [-0.3, -0.25) is 0 Å². The van der Waals surface area contributed by atoms with Gasteiger partial charge in [-0.15, -0.1) is 0 Å². The monoisotopic (exact) mass is 556 g/mol. The van der Waals surface area contributed by atoms with Crippen LogP contribution in [-0.4, -0.2) is 6.61 Å². The van der Waals surface area contributed by atoms with Crippen LogP contribution in [0, 0.1) is 41.8 Å². The van der Waals surface area contributed by atoms with Crippen molar-refractivity contribution < 1.29 is 31.1 Å².